The van der Waals surface area contributed by atoms with E-state index in [0.29, 0.717) is 37.1 Å². The lowest BCUT2D eigenvalue weighted by Gasteiger charge is -2.33. The zero-order chi connectivity index (χ0) is 24.5. The number of rotatable bonds is 5. The Morgan fingerprint density at radius 1 is 1.26 bits per heavy atom. The summed E-state index contributed by atoms with van der Waals surface area (Å²) < 4.78 is 64.9. The van der Waals surface area contributed by atoms with Crippen molar-refractivity contribution in [1.29, 1.82) is 5.26 Å². The third-order valence-electron chi connectivity index (χ3n) is 6.17. The Labute approximate surface area is 193 Å². The van der Waals surface area contributed by atoms with E-state index >= 15 is 0 Å². The van der Waals surface area contributed by atoms with E-state index in [-0.39, 0.29) is 42.8 Å². The lowest BCUT2D eigenvalue weighted by atomic mass is 10.1. The number of carbonyl (C=O) groups is 1. The minimum absolute atomic E-state index is 0.0305. The standard InChI is InChI=1S/C23H24F4N4O3/c1-33-17-2-3-19-18(9-17)20(10-21(29-19)23(25,26)27)34-16-4-6-30(7-5-16)13-22(32)31-12-14(24)8-15(31)11-28/h2-3,9-10,14-16H,4-8,12-13H2,1H3/t14-,15-/m0/s1. The lowest BCUT2D eigenvalue weighted by Crippen LogP contribution is -2.46. The number of aromatic nitrogens is 1. The predicted octanol–water partition coefficient (Wildman–Crippen LogP) is 3.57. The molecule has 2 aliphatic rings. The van der Waals surface area contributed by atoms with Crippen LogP contribution in [0.5, 0.6) is 11.5 Å². The van der Waals surface area contributed by atoms with Gasteiger partial charge in [0.2, 0.25) is 5.91 Å². The number of nitrogens with zero attached hydrogens (tertiary/aromatic N) is 4. The molecule has 1 amide bonds. The molecule has 3 heterocycles. The van der Waals surface area contributed by atoms with Crippen LogP contribution in [0.1, 0.15) is 25.0 Å². The van der Waals surface area contributed by atoms with Gasteiger partial charge in [-0.15, -0.1) is 0 Å². The molecule has 4 rings (SSSR count). The molecule has 34 heavy (non-hydrogen) atoms. The molecule has 0 N–H and O–H groups in total. The van der Waals surface area contributed by atoms with Crippen molar-refractivity contribution in [2.75, 3.05) is 33.3 Å². The highest BCUT2D eigenvalue weighted by Crippen LogP contribution is 2.36. The first kappa shape index (κ1) is 24.0. The van der Waals surface area contributed by atoms with E-state index in [9.17, 15) is 22.4 Å². The second-order valence-electron chi connectivity index (χ2n) is 8.50. The molecule has 2 saturated heterocycles. The number of ether oxygens (including phenoxy) is 2. The summed E-state index contributed by atoms with van der Waals surface area (Å²) in [7, 11) is 1.46. The molecule has 2 atom stereocenters. The third kappa shape index (κ3) is 5.17. The maximum Gasteiger partial charge on any atom is 0.433 e. The highest BCUT2D eigenvalue weighted by molar-refractivity contribution is 5.86. The molecule has 182 valence electrons. The quantitative estimate of drug-likeness (QED) is 0.609. The Hall–Kier alpha value is -3.13. The zero-order valence-corrected chi connectivity index (χ0v) is 18.5. The van der Waals surface area contributed by atoms with E-state index in [1.54, 1.807) is 6.07 Å². The molecule has 0 bridgehead atoms. The van der Waals surface area contributed by atoms with E-state index in [2.05, 4.69) is 4.98 Å². The van der Waals surface area contributed by atoms with Crippen molar-refractivity contribution < 1.29 is 31.8 Å². The Morgan fingerprint density at radius 2 is 2.00 bits per heavy atom. The van der Waals surface area contributed by atoms with Gasteiger partial charge in [0.15, 0.2) is 0 Å². The summed E-state index contributed by atoms with van der Waals surface area (Å²) in [5.74, 6) is 0.252. The molecule has 2 aromatic rings. The van der Waals surface area contributed by atoms with Crippen LogP contribution in [-0.4, -0.2) is 72.3 Å². The highest BCUT2D eigenvalue weighted by Gasteiger charge is 2.37. The molecule has 2 fully saturated rings. The summed E-state index contributed by atoms with van der Waals surface area (Å²) in [6, 6.07) is 6.71. The summed E-state index contributed by atoms with van der Waals surface area (Å²) in [6.07, 6.45) is -5.14. The van der Waals surface area contributed by atoms with Gasteiger partial charge in [0, 0.05) is 31.0 Å². The monoisotopic (exact) mass is 480 g/mol. The van der Waals surface area contributed by atoms with Crippen molar-refractivity contribution >= 4 is 16.8 Å². The van der Waals surface area contributed by atoms with E-state index in [4.69, 9.17) is 14.7 Å². The Kier molecular flexibility index (Phi) is 6.79. The van der Waals surface area contributed by atoms with E-state index < -0.39 is 24.1 Å². The number of hydrogen-bond acceptors (Lipinski definition) is 6. The molecule has 0 aliphatic carbocycles. The molecular formula is C23H24F4N4O3. The van der Waals surface area contributed by atoms with Crippen LogP contribution in [0.15, 0.2) is 24.3 Å². The Balaban J connectivity index is 1.43. The number of hydrogen-bond donors (Lipinski definition) is 0. The number of methoxy groups -OCH3 is 1. The fourth-order valence-electron chi connectivity index (χ4n) is 4.37. The van der Waals surface area contributed by atoms with Crippen LogP contribution < -0.4 is 9.47 Å². The number of amides is 1. The fraction of sp³-hybridized carbons (Fsp3) is 0.522. The maximum absolute atomic E-state index is 13.6. The minimum atomic E-state index is -4.62. The lowest BCUT2D eigenvalue weighted by molar-refractivity contribution is -0.141. The number of piperidine rings is 1. The number of halogens is 4. The number of carbonyl (C=O) groups excluding carboxylic acids is 1. The van der Waals surface area contributed by atoms with Crippen molar-refractivity contribution in [2.45, 2.75) is 43.8 Å². The van der Waals surface area contributed by atoms with Crippen molar-refractivity contribution in [2.24, 2.45) is 0 Å². The van der Waals surface area contributed by atoms with Gasteiger partial charge < -0.3 is 14.4 Å². The number of fused-ring (bicyclic) bond motifs is 1. The summed E-state index contributed by atoms with van der Waals surface area (Å²) in [6.45, 7) is 0.958. The van der Waals surface area contributed by atoms with Gasteiger partial charge in [-0.05, 0) is 31.0 Å². The molecule has 0 unspecified atom stereocenters. The van der Waals surface area contributed by atoms with Crippen LogP contribution in [0.25, 0.3) is 10.9 Å². The Morgan fingerprint density at radius 3 is 2.65 bits per heavy atom. The van der Waals surface area contributed by atoms with Crippen LogP contribution in [-0.2, 0) is 11.0 Å². The van der Waals surface area contributed by atoms with Gasteiger partial charge in [0.1, 0.15) is 35.5 Å². The van der Waals surface area contributed by atoms with E-state index in [1.165, 1.54) is 24.1 Å². The van der Waals surface area contributed by atoms with Crippen LogP contribution >= 0.6 is 0 Å². The SMILES string of the molecule is COc1ccc2nc(C(F)(F)F)cc(OC3CCN(CC(=O)N4C[C@@H](F)C[C@H]4C#N)CC3)c2c1. The predicted molar refractivity (Wildman–Crippen MR) is 114 cm³/mol. The highest BCUT2D eigenvalue weighted by atomic mass is 19.4. The van der Waals surface area contributed by atoms with Gasteiger partial charge in [-0.1, -0.05) is 0 Å². The van der Waals surface area contributed by atoms with Crippen molar-refractivity contribution in [1.82, 2.24) is 14.8 Å². The average molecular weight is 480 g/mol. The normalized spacial score (nSPS) is 22.1. The average Bonchev–Trinajstić information content (AvgIpc) is 3.20. The van der Waals surface area contributed by atoms with Crippen molar-refractivity contribution in [3.8, 4) is 17.6 Å². The molecule has 7 nitrogen and oxygen atoms in total. The number of pyridine rings is 1. The van der Waals surface area contributed by atoms with Gasteiger partial charge in [0.05, 0.1) is 31.8 Å². The van der Waals surface area contributed by atoms with Crippen LogP contribution in [0.3, 0.4) is 0 Å². The number of likely N-dealkylation sites (tertiary alicyclic amines) is 2. The number of nitriles is 1. The molecular weight excluding hydrogens is 456 g/mol. The van der Waals surface area contributed by atoms with Gasteiger partial charge in [-0.25, -0.2) is 9.37 Å². The number of alkyl halides is 4. The van der Waals surface area contributed by atoms with Crippen LogP contribution in [0.2, 0.25) is 0 Å². The summed E-state index contributed by atoms with van der Waals surface area (Å²) in [4.78, 5) is 19.4. The maximum atomic E-state index is 13.6. The van der Waals surface area contributed by atoms with Gasteiger partial charge in [0.25, 0.3) is 0 Å². The number of benzene rings is 1. The minimum Gasteiger partial charge on any atom is -0.497 e. The topological polar surface area (TPSA) is 78.7 Å². The third-order valence-corrected chi connectivity index (χ3v) is 6.17. The summed E-state index contributed by atoms with van der Waals surface area (Å²) >= 11 is 0. The van der Waals surface area contributed by atoms with Crippen molar-refractivity contribution in [3.05, 3.63) is 30.0 Å². The smallest absolute Gasteiger partial charge is 0.433 e. The molecule has 1 aromatic heterocycles. The first-order chi connectivity index (χ1) is 16.2. The second-order valence-corrected chi connectivity index (χ2v) is 8.50. The summed E-state index contributed by atoms with van der Waals surface area (Å²) in [5.41, 5.74) is -0.885. The molecule has 2 aliphatic heterocycles. The second kappa shape index (κ2) is 9.62. The van der Waals surface area contributed by atoms with Crippen LogP contribution in [0.4, 0.5) is 17.6 Å². The fourth-order valence-corrected chi connectivity index (χ4v) is 4.37. The van der Waals surface area contributed by atoms with Crippen LogP contribution in [0, 0.1) is 11.3 Å². The molecule has 11 heteroatoms. The first-order valence-electron chi connectivity index (χ1n) is 11.0. The first-order valence-corrected chi connectivity index (χ1v) is 11.0. The van der Waals surface area contributed by atoms with E-state index in [1.807, 2.05) is 11.0 Å². The van der Waals surface area contributed by atoms with Gasteiger partial charge >= 0.3 is 6.18 Å². The largest absolute Gasteiger partial charge is 0.497 e. The molecule has 0 radical (unpaired) electrons. The van der Waals surface area contributed by atoms with Gasteiger partial charge in [-0.3, -0.25) is 9.69 Å². The molecule has 1 aromatic carbocycles. The van der Waals surface area contributed by atoms with Gasteiger partial charge in [-0.2, -0.15) is 18.4 Å². The van der Waals surface area contributed by atoms with Crippen molar-refractivity contribution in [3.63, 3.8) is 0 Å². The Bertz CT molecular complexity index is 1100. The molecule has 0 spiro atoms. The molecule has 0 saturated carbocycles. The summed E-state index contributed by atoms with van der Waals surface area (Å²) in [5, 5.41) is 9.56. The zero-order valence-electron chi connectivity index (χ0n) is 18.5. The van der Waals surface area contributed by atoms with E-state index in [0.717, 1.165) is 6.07 Å².